The van der Waals surface area contributed by atoms with Gasteiger partial charge in [-0.15, -0.1) is 0 Å². The van der Waals surface area contributed by atoms with Crippen LogP contribution in [0.3, 0.4) is 0 Å². The zero-order chi connectivity index (χ0) is 13.9. The zero-order valence-electron chi connectivity index (χ0n) is 12.3. The summed E-state index contributed by atoms with van der Waals surface area (Å²) < 4.78 is 0. The predicted molar refractivity (Wildman–Crippen MR) is 79.6 cm³/mol. The summed E-state index contributed by atoms with van der Waals surface area (Å²) in [6.07, 6.45) is 4.39. The second-order valence-corrected chi connectivity index (χ2v) is 5.80. The number of pyridine rings is 1. The lowest BCUT2D eigenvalue weighted by molar-refractivity contribution is 0.195. The van der Waals surface area contributed by atoms with Gasteiger partial charge in [0, 0.05) is 36.6 Å². The first kappa shape index (κ1) is 13.3. The summed E-state index contributed by atoms with van der Waals surface area (Å²) in [5.41, 5.74) is 3.41. The molecule has 0 amide bonds. The molecule has 4 nitrogen and oxygen atoms in total. The monoisotopic (exact) mass is 270 g/mol. The van der Waals surface area contributed by atoms with Gasteiger partial charge in [-0.3, -0.25) is 9.88 Å². The van der Waals surface area contributed by atoms with Gasteiger partial charge in [0.25, 0.3) is 0 Å². The number of imidazole rings is 1. The van der Waals surface area contributed by atoms with Crippen molar-refractivity contribution in [1.82, 2.24) is 19.9 Å². The van der Waals surface area contributed by atoms with Gasteiger partial charge in [0.1, 0.15) is 5.82 Å². The van der Waals surface area contributed by atoms with Crippen LogP contribution >= 0.6 is 0 Å². The second-order valence-electron chi connectivity index (χ2n) is 5.80. The van der Waals surface area contributed by atoms with E-state index < -0.39 is 0 Å². The van der Waals surface area contributed by atoms with E-state index >= 15 is 0 Å². The number of likely N-dealkylation sites (tertiary alicyclic amines) is 1. The highest BCUT2D eigenvalue weighted by atomic mass is 15.1. The number of nitrogens with zero attached hydrogens (tertiary/aromatic N) is 3. The van der Waals surface area contributed by atoms with E-state index in [1.807, 2.05) is 19.2 Å². The second kappa shape index (κ2) is 5.75. The minimum atomic E-state index is 0.530. The van der Waals surface area contributed by atoms with Crippen LogP contribution in [-0.2, 0) is 6.54 Å². The molecule has 106 valence electrons. The molecule has 2 aromatic heterocycles. The van der Waals surface area contributed by atoms with Crippen molar-refractivity contribution >= 4 is 0 Å². The fourth-order valence-corrected chi connectivity index (χ4v) is 2.98. The number of piperidine rings is 1. The molecule has 4 heteroatoms. The molecule has 0 aliphatic carbocycles. The highest BCUT2D eigenvalue weighted by molar-refractivity contribution is 5.11. The smallest absolute Gasteiger partial charge is 0.110 e. The summed E-state index contributed by atoms with van der Waals surface area (Å²) in [5, 5.41) is 0. The van der Waals surface area contributed by atoms with Gasteiger partial charge >= 0.3 is 0 Å². The van der Waals surface area contributed by atoms with Crippen molar-refractivity contribution in [3.8, 4) is 0 Å². The Morgan fingerprint density at radius 3 is 3.00 bits per heavy atom. The minimum Gasteiger partial charge on any atom is -0.346 e. The quantitative estimate of drug-likeness (QED) is 0.932. The SMILES string of the molecule is Cc1cccc(CN2CCCC(c3ncc(C)[nH]3)C2)n1. The molecule has 1 N–H and O–H groups in total. The molecular weight excluding hydrogens is 248 g/mol. The standard InChI is InChI=1S/C16H22N4/c1-12-5-3-7-15(18-12)11-20-8-4-6-14(10-20)16-17-9-13(2)19-16/h3,5,7,9,14H,4,6,8,10-11H2,1-2H3,(H,17,19). The Labute approximate surface area is 120 Å². The summed E-state index contributed by atoms with van der Waals surface area (Å²) in [6, 6.07) is 6.26. The zero-order valence-corrected chi connectivity index (χ0v) is 12.3. The molecule has 20 heavy (non-hydrogen) atoms. The van der Waals surface area contributed by atoms with Crippen LogP contribution in [0.15, 0.2) is 24.4 Å². The number of rotatable bonds is 3. The van der Waals surface area contributed by atoms with Gasteiger partial charge in [0.15, 0.2) is 0 Å². The first-order valence-electron chi connectivity index (χ1n) is 7.37. The Morgan fingerprint density at radius 2 is 2.25 bits per heavy atom. The van der Waals surface area contributed by atoms with Crippen molar-refractivity contribution in [1.29, 1.82) is 0 Å². The van der Waals surface area contributed by atoms with Gasteiger partial charge in [-0.05, 0) is 45.4 Å². The molecule has 1 aliphatic heterocycles. The fraction of sp³-hybridized carbons (Fsp3) is 0.500. The fourth-order valence-electron chi connectivity index (χ4n) is 2.98. The summed E-state index contributed by atoms with van der Waals surface area (Å²) in [6.45, 7) is 7.29. The van der Waals surface area contributed by atoms with E-state index in [1.165, 1.54) is 18.5 Å². The van der Waals surface area contributed by atoms with Crippen molar-refractivity contribution in [2.75, 3.05) is 13.1 Å². The van der Waals surface area contributed by atoms with Gasteiger partial charge in [-0.1, -0.05) is 6.07 Å². The van der Waals surface area contributed by atoms with Crippen molar-refractivity contribution in [3.05, 3.63) is 47.3 Å². The van der Waals surface area contributed by atoms with Crippen LogP contribution in [-0.4, -0.2) is 32.9 Å². The first-order chi connectivity index (χ1) is 9.70. The Morgan fingerprint density at radius 1 is 1.35 bits per heavy atom. The van der Waals surface area contributed by atoms with Crippen LogP contribution in [0.1, 0.15) is 41.7 Å². The molecule has 3 heterocycles. The van der Waals surface area contributed by atoms with Crippen molar-refractivity contribution < 1.29 is 0 Å². The van der Waals surface area contributed by atoms with Crippen molar-refractivity contribution in [2.24, 2.45) is 0 Å². The van der Waals surface area contributed by atoms with E-state index in [-0.39, 0.29) is 0 Å². The number of hydrogen-bond acceptors (Lipinski definition) is 3. The van der Waals surface area contributed by atoms with E-state index in [9.17, 15) is 0 Å². The molecule has 0 aromatic carbocycles. The first-order valence-corrected chi connectivity index (χ1v) is 7.37. The maximum atomic E-state index is 4.60. The minimum absolute atomic E-state index is 0.530. The van der Waals surface area contributed by atoms with E-state index in [2.05, 4.69) is 38.9 Å². The molecule has 1 atom stereocenters. The third-order valence-electron chi connectivity index (χ3n) is 3.95. The van der Waals surface area contributed by atoms with Crippen LogP contribution in [0, 0.1) is 13.8 Å². The number of hydrogen-bond donors (Lipinski definition) is 1. The number of nitrogens with one attached hydrogen (secondary N) is 1. The van der Waals surface area contributed by atoms with Crippen molar-refractivity contribution in [3.63, 3.8) is 0 Å². The van der Waals surface area contributed by atoms with Crippen LogP contribution < -0.4 is 0 Å². The van der Waals surface area contributed by atoms with Gasteiger partial charge in [0.2, 0.25) is 0 Å². The maximum absolute atomic E-state index is 4.60. The largest absolute Gasteiger partial charge is 0.346 e. The predicted octanol–water partition coefficient (Wildman–Crippen LogP) is 2.80. The summed E-state index contributed by atoms with van der Waals surface area (Å²) >= 11 is 0. The number of H-pyrrole nitrogens is 1. The summed E-state index contributed by atoms with van der Waals surface area (Å²) in [5.74, 6) is 1.67. The van der Waals surface area contributed by atoms with Crippen LogP contribution in [0.4, 0.5) is 0 Å². The lowest BCUT2D eigenvalue weighted by Crippen LogP contribution is -2.34. The Balaban J connectivity index is 1.66. The molecule has 1 unspecified atom stereocenters. The van der Waals surface area contributed by atoms with E-state index in [4.69, 9.17) is 0 Å². The molecule has 3 rings (SSSR count). The lowest BCUT2D eigenvalue weighted by atomic mass is 9.97. The molecule has 1 aliphatic rings. The van der Waals surface area contributed by atoms with Crippen LogP contribution in [0.2, 0.25) is 0 Å². The van der Waals surface area contributed by atoms with Gasteiger partial charge in [-0.2, -0.15) is 0 Å². The topological polar surface area (TPSA) is 44.8 Å². The Hall–Kier alpha value is -1.68. The molecule has 0 spiro atoms. The molecule has 0 radical (unpaired) electrons. The van der Waals surface area contributed by atoms with E-state index in [1.54, 1.807) is 0 Å². The average Bonchev–Trinajstić information content (AvgIpc) is 2.86. The maximum Gasteiger partial charge on any atom is 0.110 e. The van der Waals surface area contributed by atoms with E-state index in [0.717, 1.165) is 36.8 Å². The molecule has 0 bridgehead atoms. The van der Waals surface area contributed by atoms with Crippen LogP contribution in [0.25, 0.3) is 0 Å². The van der Waals surface area contributed by atoms with E-state index in [0.29, 0.717) is 5.92 Å². The van der Waals surface area contributed by atoms with Gasteiger partial charge < -0.3 is 4.98 Å². The molecule has 1 fully saturated rings. The number of aromatic amines is 1. The average molecular weight is 270 g/mol. The Bertz CT molecular complexity index is 575. The molecular formula is C16H22N4. The molecule has 0 saturated carbocycles. The third-order valence-corrected chi connectivity index (χ3v) is 3.95. The normalized spacial score (nSPS) is 20.2. The number of aryl methyl sites for hydroxylation is 2. The summed E-state index contributed by atoms with van der Waals surface area (Å²) in [7, 11) is 0. The van der Waals surface area contributed by atoms with Gasteiger partial charge in [0.05, 0.1) is 5.69 Å². The van der Waals surface area contributed by atoms with Gasteiger partial charge in [-0.25, -0.2) is 4.98 Å². The number of aromatic nitrogens is 3. The Kier molecular flexibility index (Phi) is 3.83. The van der Waals surface area contributed by atoms with Crippen LogP contribution in [0.5, 0.6) is 0 Å². The highest BCUT2D eigenvalue weighted by Crippen LogP contribution is 2.25. The third kappa shape index (κ3) is 3.07. The molecule has 1 saturated heterocycles. The van der Waals surface area contributed by atoms with Crippen molar-refractivity contribution in [2.45, 2.75) is 39.2 Å². The lowest BCUT2D eigenvalue weighted by Gasteiger charge is -2.31. The highest BCUT2D eigenvalue weighted by Gasteiger charge is 2.23. The molecule has 2 aromatic rings. The summed E-state index contributed by atoms with van der Waals surface area (Å²) in [4.78, 5) is 15.0.